The van der Waals surface area contributed by atoms with Crippen LogP contribution in [0.2, 0.25) is 0 Å². The zero-order chi connectivity index (χ0) is 48.5. The third-order valence-electron chi connectivity index (χ3n) is 9.39. The molecule has 2 heterocycles. The van der Waals surface area contributed by atoms with Crippen LogP contribution in [-0.2, 0) is 5.41 Å². The predicted octanol–water partition coefficient (Wildman–Crippen LogP) is 11.9. The molecular weight excluding hydrogens is 633 g/mol. The van der Waals surface area contributed by atoms with E-state index in [2.05, 4.69) is 6.07 Å². The molecule has 0 N–H and O–H groups in total. The molecule has 246 valence electrons. The Balaban J connectivity index is 1.35. The van der Waals surface area contributed by atoms with Crippen LogP contribution in [0.1, 0.15) is 46.8 Å². The van der Waals surface area contributed by atoms with Gasteiger partial charge in [0.2, 0.25) is 5.95 Å². The Hall–Kier alpha value is -6.65. The highest BCUT2D eigenvalue weighted by molar-refractivity contribution is 6.15. The molecule has 2 aromatic heterocycles. The van der Waals surface area contributed by atoms with Gasteiger partial charge < -0.3 is 0 Å². The molecule has 1 aliphatic carbocycles. The lowest BCUT2D eigenvalue weighted by molar-refractivity contribution is 0.660. The highest BCUT2D eigenvalue weighted by Crippen LogP contribution is 2.52. The molecule has 7 aromatic carbocycles. The van der Waals surface area contributed by atoms with E-state index in [9.17, 15) is 6.85 Å². The molecule has 0 bridgehead atoms. The molecule has 0 saturated carbocycles. The van der Waals surface area contributed by atoms with Crippen molar-refractivity contribution in [2.24, 2.45) is 0 Å². The summed E-state index contributed by atoms with van der Waals surface area (Å²) in [5.41, 5.74) is -1.95. The number of fused-ring (bicyclic) bond motifs is 7. The molecule has 10 rings (SSSR count). The van der Waals surface area contributed by atoms with Gasteiger partial charge in [-0.05, 0) is 51.1 Å². The Morgan fingerprint density at radius 2 is 1.12 bits per heavy atom. The highest BCUT2D eigenvalue weighted by Gasteiger charge is 2.37. The number of nitrogens with zero attached hydrogens (tertiary/aromatic N) is 4. The standard InChI is InChI=1S/C48H34N4/c1-48(2)40-22-11-9-21-39(40)43-41(48)29-28-38-37-20-10-12-23-42(37)52(44(38)43)47-50-45(33-16-7-4-8-17-33)49-46(51-47)34-26-24-32(25-27-34)36-19-13-18-35(30-36)31-14-5-3-6-15-31/h3-30H,1-2H3/i1D3,2D3,9D,10D,11D,12D,20D,21D,22D,23D,28D,29D. The largest absolute Gasteiger partial charge is 0.277 e. The number of hydrogen-bond acceptors (Lipinski definition) is 3. The summed E-state index contributed by atoms with van der Waals surface area (Å²) in [5, 5.41) is -0.674. The van der Waals surface area contributed by atoms with Crippen molar-refractivity contribution in [3.63, 3.8) is 0 Å². The van der Waals surface area contributed by atoms with E-state index in [-0.39, 0.29) is 39.4 Å². The monoisotopic (exact) mass is 682 g/mol. The van der Waals surface area contributed by atoms with Crippen LogP contribution in [0, 0.1) is 0 Å². The Labute approximate surface area is 325 Å². The van der Waals surface area contributed by atoms with E-state index in [0.717, 1.165) is 26.8 Å². The minimum Gasteiger partial charge on any atom is -0.277 e. The van der Waals surface area contributed by atoms with Gasteiger partial charge in [-0.1, -0.05) is 171 Å². The molecule has 0 amide bonds. The fourth-order valence-corrected chi connectivity index (χ4v) is 6.92. The first-order valence-electron chi connectivity index (χ1n) is 24.5. The molecular formula is C48H34N4. The molecule has 4 nitrogen and oxygen atoms in total. The number of hydrogen-bond donors (Lipinski definition) is 0. The van der Waals surface area contributed by atoms with E-state index < -0.39 is 102 Å². The number of para-hydroxylation sites is 1. The van der Waals surface area contributed by atoms with Gasteiger partial charge in [-0.25, -0.2) is 4.98 Å². The van der Waals surface area contributed by atoms with Gasteiger partial charge in [0.05, 0.1) is 24.7 Å². The SMILES string of the molecule is [2H]c1c([2H])c([2H])c2c(c1[2H])-c1c(c([2H])c([2H])c3c4c([2H])c([2H])c([2H])c([2H])c4n(-c4nc(-c5ccccc5)nc(-c5ccc(-c6cccc(-c7ccccc7)c6)cc5)n4)c13)C2(C([2H])([2H])[2H])C([2H])([2H])[2H]. The van der Waals surface area contributed by atoms with Gasteiger partial charge in [-0.15, -0.1) is 0 Å². The van der Waals surface area contributed by atoms with Crippen molar-refractivity contribution >= 4 is 21.8 Å². The van der Waals surface area contributed by atoms with Gasteiger partial charge in [0.1, 0.15) is 0 Å². The Morgan fingerprint density at radius 3 is 1.85 bits per heavy atom. The molecule has 9 aromatic rings. The van der Waals surface area contributed by atoms with Crippen molar-refractivity contribution in [3.8, 4) is 62.1 Å². The smallest absolute Gasteiger partial charge is 0.238 e. The molecule has 4 heteroatoms. The zero-order valence-corrected chi connectivity index (χ0v) is 27.2. The van der Waals surface area contributed by atoms with E-state index in [4.69, 9.17) is 30.0 Å². The second kappa shape index (κ2) is 11.7. The van der Waals surface area contributed by atoms with Crippen molar-refractivity contribution in [2.45, 2.75) is 19.1 Å². The Morgan fingerprint density at radius 1 is 0.519 bits per heavy atom. The molecule has 0 radical (unpaired) electrons. The summed E-state index contributed by atoms with van der Waals surface area (Å²) in [7, 11) is 0. The van der Waals surface area contributed by atoms with E-state index >= 15 is 0 Å². The summed E-state index contributed by atoms with van der Waals surface area (Å²) in [4.78, 5) is 14.6. The fourth-order valence-electron chi connectivity index (χ4n) is 6.92. The van der Waals surface area contributed by atoms with Crippen molar-refractivity contribution in [2.75, 3.05) is 0 Å². The van der Waals surface area contributed by atoms with Crippen molar-refractivity contribution in [1.82, 2.24) is 19.5 Å². The summed E-state index contributed by atoms with van der Waals surface area (Å²) in [6.07, 6.45) is 0. The average Bonchev–Trinajstić information content (AvgIpc) is 3.87. The van der Waals surface area contributed by atoms with Gasteiger partial charge in [0.15, 0.2) is 11.6 Å². The Bertz CT molecular complexity index is 3570. The maximum Gasteiger partial charge on any atom is 0.238 e. The van der Waals surface area contributed by atoms with Crippen LogP contribution in [0.5, 0.6) is 0 Å². The number of aromatic nitrogens is 4. The van der Waals surface area contributed by atoms with Crippen LogP contribution < -0.4 is 0 Å². The van der Waals surface area contributed by atoms with Crippen molar-refractivity contribution in [3.05, 3.63) is 181 Å². The predicted molar refractivity (Wildman–Crippen MR) is 213 cm³/mol. The van der Waals surface area contributed by atoms with Gasteiger partial charge in [-0.3, -0.25) is 4.57 Å². The quantitative estimate of drug-likeness (QED) is 0.181. The van der Waals surface area contributed by atoms with Gasteiger partial charge >= 0.3 is 0 Å². The summed E-state index contributed by atoms with van der Waals surface area (Å²) in [6.45, 7) is -7.30. The van der Waals surface area contributed by atoms with Crippen molar-refractivity contribution < 1.29 is 21.9 Å². The first-order valence-corrected chi connectivity index (χ1v) is 16.5. The van der Waals surface area contributed by atoms with Gasteiger partial charge in [0.25, 0.3) is 0 Å². The van der Waals surface area contributed by atoms with Crippen LogP contribution >= 0.6 is 0 Å². The lowest BCUT2D eigenvalue weighted by Gasteiger charge is -2.21. The molecule has 0 saturated heterocycles. The second-order valence-corrected chi connectivity index (χ2v) is 12.5. The van der Waals surface area contributed by atoms with E-state index in [0.29, 0.717) is 11.1 Å². The molecule has 0 spiro atoms. The molecule has 0 aliphatic heterocycles. The van der Waals surface area contributed by atoms with Gasteiger partial charge in [0, 0.05) is 41.1 Å². The average molecular weight is 683 g/mol. The van der Waals surface area contributed by atoms with Crippen LogP contribution in [0.25, 0.3) is 83.9 Å². The van der Waals surface area contributed by atoms with E-state index in [1.807, 2.05) is 60.7 Å². The second-order valence-electron chi connectivity index (χ2n) is 12.5. The molecule has 0 unspecified atom stereocenters. The third-order valence-corrected chi connectivity index (χ3v) is 9.39. The third kappa shape index (κ3) is 4.72. The first kappa shape index (κ1) is 18.0. The fraction of sp³-hybridized carbons (Fsp3) is 0.0625. The van der Waals surface area contributed by atoms with Crippen molar-refractivity contribution in [1.29, 1.82) is 0 Å². The molecule has 0 fully saturated rings. The number of benzene rings is 7. The van der Waals surface area contributed by atoms with E-state index in [1.165, 1.54) is 0 Å². The molecule has 52 heavy (non-hydrogen) atoms. The highest BCUT2D eigenvalue weighted by atomic mass is 15.2. The molecule has 0 atom stereocenters. The minimum absolute atomic E-state index is 0.0655. The van der Waals surface area contributed by atoms with Crippen LogP contribution in [0.15, 0.2) is 170 Å². The number of rotatable bonds is 5. The van der Waals surface area contributed by atoms with Crippen LogP contribution in [-0.4, -0.2) is 19.5 Å². The Kier molecular flexibility index (Phi) is 4.06. The maximum atomic E-state index is 9.56. The zero-order valence-electron chi connectivity index (χ0n) is 43.2. The topological polar surface area (TPSA) is 43.6 Å². The lowest BCUT2D eigenvalue weighted by atomic mass is 9.82. The normalized spacial score (nSPS) is 17.8. The summed E-state index contributed by atoms with van der Waals surface area (Å²) < 4.78 is 145. The van der Waals surface area contributed by atoms with Crippen LogP contribution in [0.3, 0.4) is 0 Å². The maximum absolute atomic E-state index is 9.56. The van der Waals surface area contributed by atoms with Gasteiger partial charge in [-0.2, -0.15) is 9.97 Å². The minimum atomic E-state index is -3.65. The summed E-state index contributed by atoms with van der Waals surface area (Å²) in [6, 6.07) is 25.8. The lowest BCUT2D eigenvalue weighted by Crippen LogP contribution is -2.14. The molecule has 1 aliphatic rings. The first-order chi connectivity index (χ1) is 32.2. The summed E-state index contributed by atoms with van der Waals surface area (Å²) in [5.74, 6) is -0.196. The van der Waals surface area contributed by atoms with Crippen LogP contribution in [0.4, 0.5) is 0 Å². The summed E-state index contributed by atoms with van der Waals surface area (Å²) >= 11 is 0. The van der Waals surface area contributed by atoms with E-state index in [1.54, 1.807) is 42.5 Å².